The van der Waals surface area contributed by atoms with Gasteiger partial charge in [-0.2, -0.15) is 0 Å². The first-order valence-corrected chi connectivity index (χ1v) is 4.78. The Bertz CT molecular complexity index is 241. The fraction of sp³-hybridized carbons (Fsp3) is 0.800. The van der Waals surface area contributed by atoms with Crippen molar-refractivity contribution >= 4 is 12.2 Å². The SMILES string of the molecule is CC(CCN=C=O)CC(C)CN=C=O. The van der Waals surface area contributed by atoms with E-state index in [1.54, 1.807) is 0 Å². The van der Waals surface area contributed by atoms with Crippen molar-refractivity contribution < 1.29 is 9.59 Å². The third-order valence-corrected chi connectivity index (χ3v) is 2.07. The Kier molecular flexibility index (Phi) is 7.62. The molecule has 0 spiro atoms. The molecule has 4 heteroatoms. The zero-order chi connectivity index (χ0) is 10.8. The molecule has 0 aliphatic carbocycles. The average Bonchev–Trinajstić information content (AvgIpc) is 2.15. The summed E-state index contributed by atoms with van der Waals surface area (Å²) in [5.74, 6) is 0.871. The Morgan fingerprint density at radius 3 is 2.29 bits per heavy atom. The predicted octanol–water partition coefficient (Wildman–Crippen LogP) is 1.71. The maximum absolute atomic E-state index is 9.86. The third kappa shape index (κ3) is 7.41. The largest absolute Gasteiger partial charge is 0.234 e. The minimum absolute atomic E-state index is 0.381. The van der Waals surface area contributed by atoms with Gasteiger partial charge in [0, 0.05) is 0 Å². The van der Waals surface area contributed by atoms with Gasteiger partial charge in [0.25, 0.3) is 0 Å². The molecule has 0 aliphatic rings. The van der Waals surface area contributed by atoms with Gasteiger partial charge in [-0.3, -0.25) is 0 Å². The van der Waals surface area contributed by atoms with Crippen LogP contribution in [0.15, 0.2) is 9.98 Å². The molecule has 0 radical (unpaired) electrons. The summed E-state index contributed by atoms with van der Waals surface area (Å²) in [6.07, 6.45) is 4.91. The number of hydrogen-bond donors (Lipinski definition) is 0. The molecule has 0 aromatic heterocycles. The molecule has 0 aliphatic heterocycles. The molecule has 0 N–H and O–H groups in total. The molecular weight excluding hydrogens is 180 g/mol. The van der Waals surface area contributed by atoms with E-state index in [0.29, 0.717) is 24.9 Å². The van der Waals surface area contributed by atoms with Crippen molar-refractivity contribution in [3.05, 3.63) is 0 Å². The van der Waals surface area contributed by atoms with Crippen molar-refractivity contribution in [3.8, 4) is 0 Å². The van der Waals surface area contributed by atoms with Gasteiger partial charge in [0.15, 0.2) is 0 Å². The molecule has 0 rings (SSSR count). The number of aliphatic imine (C=N–C) groups is 2. The van der Waals surface area contributed by atoms with Crippen molar-refractivity contribution in [2.45, 2.75) is 26.7 Å². The highest BCUT2D eigenvalue weighted by atomic mass is 16.1. The summed E-state index contributed by atoms with van der Waals surface area (Å²) in [5.41, 5.74) is 0. The number of nitrogens with zero attached hydrogens (tertiary/aromatic N) is 2. The second-order valence-corrected chi connectivity index (χ2v) is 3.64. The van der Waals surface area contributed by atoms with Gasteiger partial charge in [-0.05, 0) is 24.7 Å². The fourth-order valence-corrected chi connectivity index (χ4v) is 1.40. The molecule has 0 heterocycles. The molecule has 0 aromatic carbocycles. The summed E-state index contributed by atoms with van der Waals surface area (Å²) >= 11 is 0. The number of rotatable bonds is 7. The Balaban J connectivity index is 3.63. The summed E-state index contributed by atoms with van der Waals surface area (Å²) in [6.45, 7) is 5.21. The molecule has 4 nitrogen and oxygen atoms in total. The van der Waals surface area contributed by atoms with Crippen LogP contribution >= 0.6 is 0 Å². The fourth-order valence-electron chi connectivity index (χ4n) is 1.40. The molecule has 0 aromatic rings. The van der Waals surface area contributed by atoms with E-state index in [2.05, 4.69) is 16.9 Å². The van der Waals surface area contributed by atoms with E-state index in [4.69, 9.17) is 0 Å². The summed E-state index contributed by atoms with van der Waals surface area (Å²) in [4.78, 5) is 26.7. The second-order valence-electron chi connectivity index (χ2n) is 3.64. The third-order valence-electron chi connectivity index (χ3n) is 2.07. The summed E-state index contributed by atoms with van der Waals surface area (Å²) in [6, 6.07) is 0. The lowest BCUT2D eigenvalue weighted by Crippen LogP contribution is -2.07. The van der Waals surface area contributed by atoms with E-state index < -0.39 is 0 Å². The Labute approximate surface area is 84.1 Å². The second kappa shape index (κ2) is 8.36. The molecule has 0 saturated heterocycles. The lowest BCUT2D eigenvalue weighted by atomic mass is 9.95. The lowest BCUT2D eigenvalue weighted by Gasteiger charge is -2.13. The van der Waals surface area contributed by atoms with Crippen LogP contribution in [0, 0.1) is 11.8 Å². The van der Waals surface area contributed by atoms with E-state index >= 15 is 0 Å². The van der Waals surface area contributed by atoms with E-state index in [-0.39, 0.29) is 0 Å². The minimum atomic E-state index is 0.381. The van der Waals surface area contributed by atoms with Crippen LogP contribution in [0.1, 0.15) is 26.7 Å². The van der Waals surface area contributed by atoms with E-state index in [1.807, 2.05) is 6.92 Å². The van der Waals surface area contributed by atoms with Crippen LogP contribution < -0.4 is 0 Å². The topological polar surface area (TPSA) is 58.9 Å². The van der Waals surface area contributed by atoms with Gasteiger partial charge < -0.3 is 0 Å². The molecule has 0 amide bonds. The van der Waals surface area contributed by atoms with Crippen molar-refractivity contribution in [3.63, 3.8) is 0 Å². The molecule has 0 bridgehead atoms. The minimum Gasteiger partial charge on any atom is -0.211 e. The van der Waals surface area contributed by atoms with Gasteiger partial charge in [0.05, 0.1) is 13.1 Å². The zero-order valence-electron chi connectivity index (χ0n) is 8.69. The number of carbonyl (C=O) groups excluding carboxylic acids is 2. The average molecular weight is 196 g/mol. The maximum Gasteiger partial charge on any atom is 0.234 e. The first-order valence-electron chi connectivity index (χ1n) is 4.78. The van der Waals surface area contributed by atoms with Crippen LogP contribution in [-0.4, -0.2) is 25.2 Å². The molecule has 2 unspecified atom stereocenters. The highest BCUT2D eigenvalue weighted by molar-refractivity contribution is 5.33. The van der Waals surface area contributed by atoms with Crippen molar-refractivity contribution in [2.24, 2.45) is 21.8 Å². The Morgan fingerprint density at radius 1 is 1.07 bits per heavy atom. The van der Waals surface area contributed by atoms with Crippen molar-refractivity contribution in [1.29, 1.82) is 0 Å². The predicted molar refractivity (Wildman–Crippen MR) is 53.5 cm³/mol. The van der Waals surface area contributed by atoms with Crippen molar-refractivity contribution in [1.82, 2.24) is 0 Å². The quantitative estimate of drug-likeness (QED) is 0.459. The zero-order valence-corrected chi connectivity index (χ0v) is 8.69. The van der Waals surface area contributed by atoms with E-state index in [1.165, 1.54) is 12.2 Å². The van der Waals surface area contributed by atoms with Crippen LogP contribution in [0.3, 0.4) is 0 Å². The molecule has 14 heavy (non-hydrogen) atoms. The first kappa shape index (κ1) is 12.8. The monoisotopic (exact) mass is 196 g/mol. The molecule has 78 valence electrons. The van der Waals surface area contributed by atoms with Crippen LogP contribution in [0.5, 0.6) is 0 Å². The highest BCUT2D eigenvalue weighted by Crippen LogP contribution is 2.15. The van der Waals surface area contributed by atoms with Gasteiger partial charge >= 0.3 is 0 Å². The Hall–Kier alpha value is -1.24. The molecule has 0 saturated carbocycles. The molecular formula is C10H16N2O2. The molecule has 2 atom stereocenters. The molecule has 0 fully saturated rings. The number of isocyanates is 2. The van der Waals surface area contributed by atoms with E-state index in [9.17, 15) is 9.59 Å². The van der Waals surface area contributed by atoms with E-state index in [0.717, 1.165) is 12.8 Å². The standard InChI is InChI=1S/C10H16N2O2/c1-9(3-4-11-7-13)5-10(2)6-12-8-14/h9-10H,3-6H2,1-2H3. The number of hydrogen-bond acceptors (Lipinski definition) is 4. The van der Waals surface area contributed by atoms with Gasteiger partial charge in [-0.15, -0.1) is 0 Å². The smallest absolute Gasteiger partial charge is 0.211 e. The van der Waals surface area contributed by atoms with Crippen LogP contribution in [0.25, 0.3) is 0 Å². The van der Waals surface area contributed by atoms with Crippen LogP contribution in [0.4, 0.5) is 0 Å². The lowest BCUT2D eigenvalue weighted by molar-refractivity contribution is 0.404. The summed E-state index contributed by atoms with van der Waals surface area (Å²) in [5, 5.41) is 0. The normalized spacial score (nSPS) is 13.6. The van der Waals surface area contributed by atoms with Crippen LogP contribution in [0.2, 0.25) is 0 Å². The van der Waals surface area contributed by atoms with Crippen LogP contribution in [-0.2, 0) is 9.59 Å². The maximum atomic E-state index is 9.86. The summed E-state index contributed by atoms with van der Waals surface area (Å²) in [7, 11) is 0. The first-order chi connectivity index (χ1) is 6.70. The van der Waals surface area contributed by atoms with Gasteiger partial charge in [-0.1, -0.05) is 13.8 Å². The van der Waals surface area contributed by atoms with Gasteiger partial charge in [0.1, 0.15) is 0 Å². The Morgan fingerprint density at radius 2 is 1.71 bits per heavy atom. The van der Waals surface area contributed by atoms with Gasteiger partial charge in [0.2, 0.25) is 12.2 Å². The highest BCUT2D eigenvalue weighted by Gasteiger charge is 2.07. The van der Waals surface area contributed by atoms with Crippen molar-refractivity contribution in [2.75, 3.05) is 13.1 Å². The summed E-state index contributed by atoms with van der Waals surface area (Å²) < 4.78 is 0. The van der Waals surface area contributed by atoms with Gasteiger partial charge in [-0.25, -0.2) is 19.6 Å².